The monoisotopic (exact) mass is 233 g/mol. The number of hydrogen-bond acceptors (Lipinski definition) is 1. The highest BCUT2D eigenvalue weighted by Crippen LogP contribution is 2.06. The Labute approximate surface area is 101 Å². The van der Waals surface area contributed by atoms with Gasteiger partial charge in [0.25, 0.3) is 0 Å². The first kappa shape index (κ1) is 13.2. The lowest BCUT2D eigenvalue weighted by Gasteiger charge is -2.16. The Morgan fingerprint density at radius 3 is 2.25 bits per heavy atom. The second-order valence-corrected chi connectivity index (χ2v) is 10.2. The third-order valence-corrected chi connectivity index (χ3v) is 4.71. The van der Waals surface area contributed by atoms with Crippen molar-refractivity contribution in [3.05, 3.63) is 35.9 Å². The van der Waals surface area contributed by atoms with Crippen LogP contribution < -0.4 is 10.5 Å². The highest BCUT2D eigenvalue weighted by atomic mass is 28.3. The lowest BCUT2D eigenvalue weighted by molar-refractivity contribution is 0.809. The first-order chi connectivity index (χ1) is 7.54. The Morgan fingerprint density at radius 2 is 1.75 bits per heavy atom. The molecule has 1 N–H and O–H groups in total. The Kier molecular flexibility index (Phi) is 4.96. The minimum absolute atomic E-state index is 1.05. The molecule has 1 aromatic carbocycles. The summed E-state index contributed by atoms with van der Waals surface area (Å²) in [6.45, 7) is 8.18. The van der Waals surface area contributed by atoms with Gasteiger partial charge in [-0.1, -0.05) is 61.2 Å². The molecule has 0 amide bonds. The fourth-order valence-corrected chi connectivity index (χ4v) is 2.71. The predicted molar refractivity (Wildman–Crippen MR) is 77.0 cm³/mol. The van der Waals surface area contributed by atoms with Crippen molar-refractivity contribution in [2.75, 3.05) is 13.6 Å². The lowest BCUT2D eigenvalue weighted by Crippen LogP contribution is -2.37. The Balaban J connectivity index is 2.61. The van der Waals surface area contributed by atoms with E-state index in [-0.39, 0.29) is 0 Å². The van der Waals surface area contributed by atoms with Crippen molar-refractivity contribution in [1.29, 1.82) is 0 Å². The summed E-state index contributed by atoms with van der Waals surface area (Å²) in [6.07, 6.45) is 5.51. The maximum absolute atomic E-state index is 3.14. The van der Waals surface area contributed by atoms with E-state index < -0.39 is 8.07 Å². The van der Waals surface area contributed by atoms with E-state index >= 15 is 0 Å². The van der Waals surface area contributed by atoms with Gasteiger partial charge in [0.1, 0.15) is 0 Å². The molecule has 2 heteroatoms. The van der Waals surface area contributed by atoms with Crippen LogP contribution in [0.4, 0.5) is 0 Å². The first-order valence-corrected chi connectivity index (χ1v) is 9.46. The highest BCUT2D eigenvalue weighted by Gasteiger charge is 2.15. The van der Waals surface area contributed by atoms with Crippen LogP contribution in [0.1, 0.15) is 12.0 Å². The number of nitrogens with one attached hydrogen (secondary N) is 1. The van der Waals surface area contributed by atoms with Gasteiger partial charge in [-0.15, -0.1) is 0 Å². The van der Waals surface area contributed by atoms with Gasteiger partial charge in [-0.3, -0.25) is 0 Å². The average Bonchev–Trinajstić information content (AvgIpc) is 2.24. The van der Waals surface area contributed by atoms with Crippen molar-refractivity contribution in [2.24, 2.45) is 0 Å². The van der Waals surface area contributed by atoms with Gasteiger partial charge >= 0.3 is 0 Å². The lowest BCUT2D eigenvalue weighted by atomic mass is 10.2. The molecule has 1 rings (SSSR count). The van der Waals surface area contributed by atoms with Crippen LogP contribution in [0.15, 0.2) is 30.3 Å². The van der Waals surface area contributed by atoms with Gasteiger partial charge < -0.3 is 5.32 Å². The molecule has 0 spiro atoms. The maximum Gasteiger partial charge on any atom is 0.0775 e. The molecule has 0 radical (unpaired) electrons. The minimum atomic E-state index is -1.13. The largest absolute Gasteiger partial charge is 0.319 e. The summed E-state index contributed by atoms with van der Waals surface area (Å²) in [7, 11) is 0.848. The second kappa shape index (κ2) is 6.02. The van der Waals surface area contributed by atoms with E-state index in [1.54, 1.807) is 0 Å². The van der Waals surface area contributed by atoms with Crippen LogP contribution in [-0.2, 0) is 0 Å². The predicted octanol–water partition coefficient (Wildman–Crippen LogP) is 2.85. The van der Waals surface area contributed by atoms with Gasteiger partial charge in [0, 0.05) is 0 Å². The molecule has 0 aliphatic rings. The summed E-state index contributed by atoms with van der Waals surface area (Å²) >= 11 is 0. The van der Waals surface area contributed by atoms with Crippen LogP contribution in [0.2, 0.25) is 19.6 Å². The maximum atomic E-state index is 3.14. The number of benzene rings is 1. The molecule has 0 aliphatic heterocycles. The standard InChI is InChI=1S/C14H23NSi/c1-15-12-6-5-7-13-8-10-14(11-9-13)16(2,3)4/h5,7-11,15H,6,12H2,1-4H3. The van der Waals surface area contributed by atoms with E-state index in [9.17, 15) is 0 Å². The van der Waals surface area contributed by atoms with Crippen LogP contribution in [0.3, 0.4) is 0 Å². The van der Waals surface area contributed by atoms with Crippen LogP contribution in [-0.4, -0.2) is 21.7 Å². The summed E-state index contributed by atoms with van der Waals surface area (Å²) < 4.78 is 0. The summed E-state index contributed by atoms with van der Waals surface area (Å²) in [5.41, 5.74) is 1.30. The smallest absolute Gasteiger partial charge is 0.0775 e. The van der Waals surface area contributed by atoms with Crippen LogP contribution in [0.25, 0.3) is 6.08 Å². The molecule has 0 saturated carbocycles. The summed E-state index contributed by atoms with van der Waals surface area (Å²) in [5.74, 6) is 0. The average molecular weight is 233 g/mol. The van der Waals surface area contributed by atoms with Gasteiger partial charge in [-0.25, -0.2) is 0 Å². The Bertz CT molecular complexity index is 333. The zero-order chi connectivity index (χ0) is 12.0. The normalized spacial score (nSPS) is 12.2. The number of hydrogen-bond donors (Lipinski definition) is 1. The van der Waals surface area contributed by atoms with Gasteiger partial charge in [0.05, 0.1) is 8.07 Å². The molecule has 0 heterocycles. The fraction of sp³-hybridized carbons (Fsp3) is 0.429. The molecule has 1 aromatic rings. The zero-order valence-corrected chi connectivity index (χ0v) is 11.9. The summed E-state index contributed by atoms with van der Waals surface area (Å²) in [5, 5.41) is 4.66. The highest BCUT2D eigenvalue weighted by molar-refractivity contribution is 6.88. The molecule has 88 valence electrons. The van der Waals surface area contributed by atoms with Gasteiger partial charge in [0.2, 0.25) is 0 Å². The van der Waals surface area contributed by atoms with Crippen LogP contribution in [0, 0.1) is 0 Å². The van der Waals surface area contributed by atoms with E-state index in [0.717, 1.165) is 13.0 Å². The van der Waals surface area contributed by atoms with Gasteiger partial charge in [-0.2, -0.15) is 0 Å². The second-order valence-electron chi connectivity index (χ2n) is 5.17. The number of rotatable bonds is 5. The quantitative estimate of drug-likeness (QED) is 0.609. The van der Waals surface area contributed by atoms with Crippen molar-refractivity contribution < 1.29 is 0 Å². The molecule has 0 aromatic heterocycles. The van der Waals surface area contributed by atoms with E-state index in [1.807, 2.05) is 7.05 Å². The van der Waals surface area contributed by atoms with Crippen LogP contribution >= 0.6 is 0 Å². The molecule has 1 nitrogen and oxygen atoms in total. The Hall–Kier alpha value is -0.863. The van der Waals surface area contributed by atoms with Crippen molar-refractivity contribution in [1.82, 2.24) is 5.32 Å². The van der Waals surface area contributed by atoms with Crippen molar-refractivity contribution in [3.63, 3.8) is 0 Å². The van der Waals surface area contributed by atoms with Gasteiger partial charge in [-0.05, 0) is 25.6 Å². The van der Waals surface area contributed by atoms with Crippen molar-refractivity contribution in [2.45, 2.75) is 26.1 Å². The van der Waals surface area contributed by atoms with E-state index in [4.69, 9.17) is 0 Å². The summed E-state index contributed by atoms with van der Waals surface area (Å²) in [4.78, 5) is 0. The molecule has 0 atom stereocenters. The van der Waals surface area contributed by atoms with Crippen molar-refractivity contribution >= 4 is 19.3 Å². The molecule has 0 saturated heterocycles. The molecular formula is C14H23NSi. The molecule has 0 bridgehead atoms. The van der Waals surface area contributed by atoms with Gasteiger partial charge in [0.15, 0.2) is 0 Å². The Morgan fingerprint density at radius 1 is 1.12 bits per heavy atom. The van der Waals surface area contributed by atoms with E-state index in [1.165, 1.54) is 10.8 Å². The minimum Gasteiger partial charge on any atom is -0.319 e. The van der Waals surface area contributed by atoms with Crippen molar-refractivity contribution in [3.8, 4) is 0 Å². The topological polar surface area (TPSA) is 12.0 Å². The molecule has 0 fully saturated rings. The van der Waals surface area contributed by atoms with Crippen LogP contribution in [0.5, 0.6) is 0 Å². The van der Waals surface area contributed by atoms with E-state index in [0.29, 0.717) is 0 Å². The summed E-state index contributed by atoms with van der Waals surface area (Å²) in [6, 6.07) is 9.01. The van der Waals surface area contributed by atoms with E-state index in [2.05, 4.69) is 61.4 Å². The molecule has 16 heavy (non-hydrogen) atoms. The third-order valence-electron chi connectivity index (χ3n) is 2.65. The third kappa shape index (κ3) is 4.33. The molecular weight excluding hydrogens is 210 g/mol. The molecule has 0 aliphatic carbocycles. The SMILES string of the molecule is CNCCC=Cc1ccc([Si](C)(C)C)cc1. The fourth-order valence-electron chi connectivity index (χ4n) is 1.54. The first-order valence-electron chi connectivity index (χ1n) is 5.96. The molecule has 0 unspecified atom stereocenters. The zero-order valence-electron chi connectivity index (χ0n) is 10.9.